The van der Waals surface area contributed by atoms with Crippen LogP contribution in [0.5, 0.6) is 0 Å². The Morgan fingerprint density at radius 3 is 2.80 bits per heavy atom. The second-order valence-electron chi connectivity index (χ2n) is 4.28. The molecule has 1 aromatic rings. The van der Waals surface area contributed by atoms with Gasteiger partial charge in [0, 0.05) is 18.8 Å². The molecule has 0 radical (unpaired) electrons. The van der Waals surface area contributed by atoms with E-state index in [2.05, 4.69) is 10.6 Å². The fourth-order valence-electron chi connectivity index (χ4n) is 1.79. The van der Waals surface area contributed by atoms with Crippen LogP contribution in [0.1, 0.15) is 5.56 Å². The molecule has 1 amide bonds. The van der Waals surface area contributed by atoms with Gasteiger partial charge in [-0.05, 0) is 30.4 Å². The lowest BCUT2D eigenvalue weighted by Gasteiger charge is -2.29. The van der Waals surface area contributed by atoms with Gasteiger partial charge in [-0.3, -0.25) is 4.79 Å². The lowest BCUT2D eigenvalue weighted by Crippen LogP contribution is -2.51. The summed E-state index contributed by atoms with van der Waals surface area (Å²) in [4.78, 5) is 12.8. The highest BCUT2D eigenvalue weighted by Crippen LogP contribution is 2.30. The molecule has 1 aromatic carbocycles. The quantitative estimate of drug-likeness (QED) is 0.777. The van der Waals surface area contributed by atoms with Gasteiger partial charge in [0.2, 0.25) is 5.91 Å². The number of benzene rings is 1. The van der Waals surface area contributed by atoms with Crippen molar-refractivity contribution >= 4 is 28.9 Å². The molecule has 1 aliphatic rings. The molecule has 0 unspecified atom stereocenters. The molecule has 0 saturated carbocycles. The smallest absolute Gasteiger partial charge is 0.353 e. The summed E-state index contributed by atoms with van der Waals surface area (Å²) in [6.07, 6.45) is -4.40. The van der Waals surface area contributed by atoms with Crippen LogP contribution in [0, 0.1) is 0 Å². The molecule has 2 N–H and O–H groups in total. The zero-order valence-electron chi connectivity index (χ0n) is 10.3. The summed E-state index contributed by atoms with van der Waals surface area (Å²) < 4.78 is 37.8. The van der Waals surface area contributed by atoms with Gasteiger partial charge in [0.1, 0.15) is 0 Å². The van der Waals surface area contributed by atoms with E-state index in [-0.39, 0.29) is 23.3 Å². The number of amides is 1. The van der Waals surface area contributed by atoms with Crippen LogP contribution in [-0.2, 0) is 11.0 Å². The highest BCUT2D eigenvalue weighted by Gasteiger charge is 2.30. The number of carbonyl (C=O) groups is 1. The van der Waals surface area contributed by atoms with Crippen LogP contribution in [0.15, 0.2) is 24.3 Å². The highest BCUT2D eigenvalue weighted by molar-refractivity contribution is 7.80. The molecule has 1 aliphatic heterocycles. The first-order valence-corrected chi connectivity index (χ1v) is 6.27. The van der Waals surface area contributed by atoms with Gasteiger partial charge in [0.15, 0.2) is 5.11 Å². The Kier molecular flexibility index (Phi) is 4.12. The van der Waals surface area contributed by atoms with E-state index in [9.17, 15) is 18.0 Å². The third kappa shape index (κ3) is 3.60. The predicted octanol–water partition coefficient (Wildman–Crippen LogP) is 1.83. The van der Waals surface area contributed by atoms with Crippen molar-refractivity contribution in [2.45, 2.75) is 6.18 Å². The lowest BCUT2D eigenvalue weighted by molar-refractivity contribution is -0.137. The lowest BCUT2D eigenvalue weighted by atomic mass is 10.2. The van der Waals surface area contributed by atoms with Gasteiger partial charge in [0.05, 0.1) is 12.1 Å². The number of piperazine rings is 1. The molecule has 0 bridgehead atoms. The van der Waals surface area contributed by atoms with Crippen LogP contribution in [-0.4, -0.2) is 35.6 Å². The van der Waals surface area contributed by atoms with E-state index in [1.807, 2.05) is 0 Å². The van der Waals surface area contributed by atoms with Crippen molar-refractivity contribution < 1.29 is 18.0 Å². The Morgan fingerprint density at radius 1 is 1.40 bits per heavy atom. The molecular weight excluding hydrogens is 291 g/mol. The number of anilines is 1. The van der Waals surface area contributed by atoms with Crippen molar-refractivity contribution in [2.75, 3.05) is 25.0 Å². The number of nitrogens with one attached hydrogen (secondary N) is 2. The third-order valence-corrected chi connectivity index (χ3v) is 3.13. The molecule has 1 saturated heterocycles. The summed E-state index contributed by atoms with van der Waals surface area (Å²) in [5.74, 6) is -0.163. The van der Waals surface area contributed by atoms with Crippen molar-refractivity contribution in [1.29, 1.82) is 0 Å². The summed E-state index contributed by atoms with van der Waals surface area (Å²) in [5.41, 5.74) is -0.502. The highest BCUT2D eigenvalue weighted by atomic mass is 32.1. The first-order chi connectivity index (χ1) is 9.36. The molecule has 4 nitrogen and oxygen atoms in total. The number of rotatable bonds is 1. The molecule has 1 fully saturated rings. The van der Waals surface area contributed by atoms with E-state index in [0.717, 1.165) is 12.1 Å². The third-order valence-electron chi connectivity index (χ3n) is 2.77. The number of thiocarbonyl (C=S) groups is 1. The van der Waals surface area contributed by atoms with E-state index in [1.54, 1.807) is 4.90 Å². The maximum atomic E-state index is 12.6. The van der Waals surface area contributed by atoms with Gasteiger partial charge in [-0.2, -0.15) is 13.2 Å². The number of alkyl halides is 3. The van der Waals surface area contributed by atoms with Crippen LogP contribution < -0.4 is 10.6 Å². The van der Waals surface area contributed by atoms with Gasteiger partial charge < -0.3 is 15.5 Å². The molecular formula is C12H12F3N3OS. The summed E-state index contributed by atoms with van der Waals surface area (Å²) in [7, 11) is 0. The van der Waals surface area contributed by atoms with E-state index >= 15 is 0 Å². The number of halogens is 3. The largest absolute Gasteiger partial charge is 0.416 e. The molecule has 0 atom stereocenters. The molecule has 0 aromatic heterocycles. The Balaban J connectivity index is 2.06. The van der Waals surface area contributed by atoms with Crippen molar-refractivity contribution in [2.24, 2.45) is 0 Å². The Morgan fingerprint density at radius 2 is 2.15 bits per heavy atom. The summed E-state index contributed by atoms with van der Waals surface area (Å²) >= 11 is 5.10. The first-order valence-electron chi connectivity index (χ1n) is 5.86. The van der Waals surface area contributed by atoms with Crippen LogP contribution in [0.25, 0.3) is 0 Å². The zero-order valence-corrected chi connectivity index (χ0v) is 11.1. The number of hydrogen-bond acceptors (Lipinski definition) is 2. The molecule has 8 heteroatoms. The van der Waals surface area contributed by atoms with Gasteiger partial charge in [-0.1, -0.05) is 6.07 Å². The normalized spacial score (nSPS) is 15.8. The fourth-order valence-corrected chi connectivity index (χ4v) is 2.06. The second kappa shape index (κ2) is 5.66. The maximum absolute atomic E-state index is 12.6. The summed E-state index contributed by atoms with van der Waals surface area (Å²) in [5, 5.41) is 5.60. The monoisotopic (exact) mass is 303 g/mol. The van der Waals surface area contributed by atoms with Crippen LogP contribution >= 0.6 is 12.2 Å². The average molecular weight is 303 g/mol. The zero-order chi connectivity index (χ0) is 14.8. The average Bonchev–Trinajstić information content (AvgIpc) is 2.38. The van der Waals surface area contributed by atoms with Crippen molar-refractivity contribution in [3.8, 4) is 0 Å². The molecule has 20 heavy (non-hydrogen) atoms. The minimum absolute atomic E-state index is 0.102. The van der Waals surface area contributed by atoms with Gasteiger partial charge in [-0.25, -0.2) is 0 Å². The van der Waals surface area contributed by atoms with E-state index in [0.29, 0.717) is 13.1 Å². The minimum atomic E-state index is -4.40. The predicted molar refractivity (Wildman–Crippen MR) is 72.2 cm³/mol. The Bertz CT molecular complexity index is 533. The van der Waals surface area contributed by atoms with E-state index < -0.39 is 11.7 Å². The summed E-state index contributed by atoms with van der Waals surface area (Å²) in [6.45, 7) is 1.09. The van der Waals surface area contributed by atoms with E-state index in [4.69, 9.17) is 12.2 Å². The van der Waals surface area contributed by atoms with Crippen LogP contribution in [0.2, 0.25) is 0 Å². The minimum Gasteiger partial charge on any atom is -0.353 e. The topological polar surface area (TPSA) is 44.4 Å². The fraction of sp³-hybridized carbons (Fsp3) is 0.333. The van der Waals surface area contributed by atoms with Crippen molar-refractivity contribution in [3.05, 3.63) is 29.8 Å². The van der Waals surface area contributed by atoms with Crippen molar-refractivity contribution in [3.63, 3.8) is 0 Å². The van der Waals surface area contributed by atoms with Gasteiger partial charge in [-0.15, -0.1) is 0 Å². The first kappa shape index (κ1) is 14.6. The molecule has 2 rings (SSSR count). The molecule has 0 aliphatic carbocycles. The molecule has 0 spiro atoms. The second-order valence-corrected chi connectivity index (χ2v) is 4.67. The number of carbonyl (C=O) groups excluding carboxylic acids is 1. The Hall–Kier alpha value is -1.83. The van der Waals surface area contributed by atoms with Gasteiger partial charge in [0.25, 0.3) is 0 Å². The van der Waals surface area contributed by atoms with Crippen LogP contribution in [0.4, 0.5) is 18.9 Å². The maximum Gasteiger partial charge on any atom is 0.416 e. The Labute approximate surface area is 118 Å². The molecule has 1 heterocycles. The summed E-state index contributed by atoms with van der Waals surface area (Å²) in [6, 6.07) is 4.77. The number of hydrogen-bond donors (Lipinski definition) is 2. The van der Waals surface area contributed by atoms with Gasteiger partial charge >= 0.3 is 6.18 Å². The SMILES string of the molecule is O=C1CN(C(=S)Nc2cccc(C(F)(F)F)c2)CCN1. The molecule has 108 valence electrons. The van der Waals surface area contributed by atoms with Crippen molar-refractivity contribution in [1.82, 2.24) is 10.2 Å². The van der Waals surface area contributed by atoms with E-state index in [1.165, 1.54) is 12.1 Å². The standard InChI is InChI=1S/C12H12F3N3OS/c13-12(14,15)8-2-1-3-9(6-8)17-11(20)18-5-4-16-10(19)7-18/h1-3,6H,4-5,7H2,(H,16,19)(H,17,20). The number of nitrogens with zero attached hydrogens (tertiary/aromatic N) is 1. The van der Waals surface area contributed by atoms with Crippen LogP contribution in [0.3, 0.4) is 0 Å².